The van der Waals surface area contributed by atoms with E-state index in [0.717, 1.165) is 6.20 Å². The van der Waals surface area contributed by atoms with Crippen molar-refractivity contribution in [2.45, 2.75) is 24.8 Å². The predicted octanol–water partition coefficient (Wildman–Crippen LogP) is -0.0105. The summed E-state index contributed by atoms with van der Waals surface area (Å²) in [6, 6.07) is 0. The minimum Gasteiger partial charge on any atom is -0.387 e. The molecule has 0 aromatic rings. The average Bonchev–Trinajstić information content (AvgIpc) is 2.16. The topological polar surface area (TPSA) is 117 Å². The van der Waals surface area contributed by atoms with Crippen LogP contribution in [-0.2, 0) is 4.74 Å². The summed E-state index contributed by atoms with van der Waals surface area (Å²) in [6.45, 7) is 0.515. The van der Waals surface area contributed by atoms with Crippen molar-refractivity contribution in [3.8, 4) is 0 Å². The highest BCUT2D eigenvalue weighted by Crippen LogP contribution is 2.27. The van der Waals surface area contributed by atoms with Crippen molar-refractivity contribution in [3.63, 3.8) is 0 Å². The third-order valence-electron chi connectivity index (χ3n) is 2.53. The van der Waals surface area contributed by atoms with Gasteiger partial charge in [0.05, 0.1) is 4.92 Å². The number of hydrogen-bond acceptors (Lipinski definition) is 6. The molecule has 0 radical (unpaired) electrons. The van der Waals surface area contributed by atoms with Gasteiger partial charge in [-0.25, -0.2) is 4.99 Å². The lowest BCUT2D eigenvalue weighted by Gasteiger charge is -2.27. The monoisotopic (exact) mass is 228 g/mol. The lowest BCUT2D eigenvalue weighted by molar-refractivity contribution is -0.435. The molecule has 1 atom stereocenters. The average molecular weight is 228 g/mol. The van der Waals surface area contributed by atoms with Gasteiger partial charge in [0.25, 0.3) is 5.70 Å². The molecule has 1 heterocycles. The van der Waals surface area contributed by atoms with Crippen LogP contribution in [0.5, 0.6) is 0 Å². The van der Waals surface area contributed by atoms with E-state index >= 15 is 0 Å². The van der Waals surface area contributed by atoms with Gasteiger partial charge < -0.3 is 16.2 Å². The quantitative estimate of drug-likeness (QED) is 0.390. The number of methoxy groups -OCH3 is 1. The van der Waals surface area contributed by atoms with Gasteiger partial charge >= 0.3 is 0 Å². The summed E-state index contributed by atoms with van der Waals surface area (Å²) in [4.78, 5) is 14.1. The molecule has 7 nitrogen and oxygen atoms in total. The maximum absolute atomic E-state index is 10.8. The van der Waals surface area contributed by atoms with E-state index in [2.05, 4.69) is 4.99 Å². The largest absolute Gasteiger partial charge is 0.387 e. The lowest BCUT2D eigenvalue weighted by atomic mass is 9.86. The molecule has 0 fully saturated rings. The first-order valence-electron chi connectivity index (χ1n) is 4.94. The smallest absolute Gasteiger partial charge is 0.284 e. The molecule has 1 rings (SSSR count). The second-order valence-corrected chi connectivity index (χ2v) is 3.82. The summed E-state index contributed by atoms with van der Waals surface area (Å²) in [7, 11) is 1.57. The van der Waals surface area contributed by atoms with Gasteiger partial charge in [-0.15, -0.1) is 0 Å². The molecule has 0 aromatic heterocycles. The SMILES string of the molecule is COCCCC1(N)CC(N)=NC=C1[N+](=O)[O-]. The number of rotatable bonds is 5. The predicted molar refractivity (Wildman–Crippen MR) is 59.3 cm³/mol. The lowest BCUT2D eigenvalue weighted by Crippen LogP contribution is -2.49. The fourth-order valence-electron chi connectivity index (χ4n) is 1.71. The Morgan fingerprint density at radius 1 is 1.75 bits per heavy atom. The number of aliphatic imine (C=N–C) groups is 1. The third-order valence-corrected chi connectivity index (χ3v) is 2.53. The zero-order valence-electron chi connectivity index (χ0n) is 9.18. The van der Waals surface area contributed by atoms with Crippen molar-refractivity contribution < 1.29 is 9.66 Å². The van der Waals surface area contributed by atoms with Crippen molar-refractivity contribution in [2.75, 3.05) is 13.7 Å². The number of hydrogen-bond donors (Lipinski definition) is 2. The highest BCUT2D eigenvalue weighted by molar-refractivity contribution is 5.83. The van der Waals surface area contributed by atoms with Crippen LogP contribution in [0.4, 0.5) is 0 Å². The van der Waals surface area contributed by atoms with Crippen LogP contribution >= 0.6 is 0 Å². The zero-order chi connectivity index (χ0) is 12.2. The Balaban J connectivity index is 2.80. The Morgan fingerprint density at radius 3 is 3.00 bits per heavy atom. The van der Waals surface area contributed by atoms with Gasteiger partial charge in [-0.3, -0.25) is 10.1 Å². The van der Waals surface area contributed by atoms with Crippen LogP contribution in [-0.4, -0.2) is 30.0 Å². The Morgan fingerprint density at radius 2 is 2.44 bits per heavy atom. The molecule has 1 unspecified atom stereocenters. The minimum atomic E-state index is -1.03. The molecule has 0 aromatic carbocycles. The molecule has 16 heavy (non-hydrogen) atoms. The molecule has 0 saturated carbocycles. The summed E-state index contributed by atoms with van der Waals surface area (Å²) >= 11 is 0. The van der Waals surface area contributed by atoms with Gasteiger partial charge in [0.15, 0.2) is 0 Å². The Labute approximate surface area is 93.3 Å². The summed E-state index contributed by atoms with van der Waals surface area (Å²) in [5.41, 5.74) is 10.4. The van der Waals surface area contributed by atoms with Crippen molar-refractivity contribution >= 4 is 5.84 Å². The number of ether oxygens (including phenoxy) is 1. The number of nitrogens with zero attached hydrogens (tertiary/aromatic N) is 2. The highest BCUT2D eigenvalue weighted by Gasteiger charge is 2.41. The summed E-state index contributed by atoms with van der Waals surface area (Å²) in [6.07, 6.45) is 2.45. The second kappa shape index (κ2) is 5.04. The fraction of sp³-hybridized carbons (Fsp3) is 0.667. The minimum absolute atomic E-state index is 0.0854. The van der Waals surface area contributed by atoms with Crippen molar-refractivity contribution in [1.82, 2.24) is 0 Å². The first-order valence-corrected chi connectivity index (χ1v) is 4.94. The Bertz CT molecular complexity index is 340. The maximum Gasteiger partial charge on any atom is 0.284 e. The highest BCUT2D eigenvalue weighted by atomic mass is 16.6. The molecule has 1 aliphatic heterocycles. The van der Waals surface area contributed by atoms with E-state index < -0.39 is 10.5 Å². The second-order valence-electron chi connectivity index (χ2n) is 3.82. The van der Waals surface area contributed by atoms with Crippen LogP contribution < -0.4 is 11.5 Å². The van der Waals surface area contributed by atoms with Crippen LogP contribution in [0, 0.1) is 10.1 Å². The van der Waals surface area contributed by atoms with Crippen molar-refractivity contribution in [1.29, 1.82) is 0 Å². The molecular formula is C9H16N4O3. The van der Waals surface area contributed by atoms with E-state index in [-0.39, 0.29) is 12.1 Å². The van der Waals surface area contributed by atoms with Gasteiger partial charge in [-0.2, -0.15) is 0 Å². The van der Waals surface area contributed by atoms with Crippen LogP contribution in [0.25, 0.3) is 0 Å². The molecule has 0 bridgehead atoms. The maximum atomic E-state index is 10.8. The van der Waals surface area contributed by atoms with E-state index in [1.165, 1.54) is 0 Å². The standard InChI is InChI=1S/C9H16N4O3/c1-16-4-2-3-9(11)5-8(10)12-6-7(9)13(14)15/h6H,2-5,11H2,1H3,(H2,10,12). The third kappa shape index (κ3) is 2.77. The van der Waals surface area contributed by atoms with E-state index in [1.807, 2.05) is 0 Å². The van der Waals surface area contributed by atoms with Crippen molar-refractivity contribution in [3.05, 3.63) is 22.0 Å². The summed E-state index contributed by atoms with van der Waals surface area (Å²) in [5.74, 6) is 0.325. The van der Waals surface area contributed by atoms with E-state index in [4.69, 9.17) is 16.2 Å². The summed E-state index contributed by atoms with van der Waals surface area (Å²) in [5, 5.41) is 10.8. The van der Waals surface area contributed by atoms with Crippen LogP contribution in [0.1, 0.15) is 19.3 Å². The van der Waals surface area contributed by atoms with Gasteiger partial charge in [-0.05, 0) is 12.8 Å². The normalized spacial score (nSPS) is 24.9. The molecule has 4 N–H and O–H groups in total. The first-order chi connectivity index (χ1) is 7.49. The van der Waals surface area contributed by atoms with Gasteiger partial charge in [-0.1, -0.05) is 0 Å². The van der Waals surface area contributed by atoms with Crippen molar-refractivity contribution in [2.24, 2.45) is 16.5 Å². The Kier molecular flexibility index (Phi) is 3.97. The van der Waals surface area contributed by atoms with Crippen LogP contribution in [0.15, 0.2) is 16.9 Å². The van der Waals surface area contributed by atoms with E-state index in [9.17, 15) is 10.1 Å². The van der Waals surface area contributed by atoms with Gasteiger partial charge in [0.2, 0.25) is 0 Å². The number of nitrogens with two attached hydrogens (primary N) is 2. The molecule has 90 valence electrons. The van der Waals surface area contributed by atoms with Gasteiger partial charge in [0, 0.05) is 20.1 Å². The molecule has 0 saturated heterocycles. The van der Waals surface area contributed by atoms with Crippen LogP contribution in [0.3, 0.4) is 0 Å². The molecule has 7 heteroatoms. The Hall–Kier alpha value is -1.47. The molecule has 0 amide bonds. The van der Waals surface area contributed by atoms with E-state index in [0.29, 0.717) is 25.3 Å². The first kappa shape index (κ1) is 12.6. The fourth-order valence-corrected chi connectivity index (χ4v) is 1.71. The molecule has 0 aliphatic carbocycles. The molecular weight excluding hydrogens is 212 g/mol. The number of nitro groups is 1. The summed E-state index contributed by atoms with van der Waals surface area (Å²) < 4.78 is 4.89. The molecule has 1 aliphatic rings. The molecule has 0 spiro atoms. The van der Waals surface area contributed by atoms with Crippen LogP contribution in [0.2, 0.25) is 0 Å². The zero-order valence-corrected chi connectivity index (χ0v) is 9.18. The number of amidine groups is 1. The van der Waals surface area contributed by atoms with Gasteiger partial charge in [0.1, 0.15) is 17.6 Å². The van der Waals surface area contributed by atoms with E-state index in [1.54, 1.807) is 7.11 Å².